The molecule has 2 heteroatoms. The normalized spacial score (nSPS) is 39.7. The van der Waals surface area contributed by atoms with Crippen LogP contribution in [0.4, 0.5) is 0 Å². The summed E-state index contributed by atoms with van der Waals surface area (Å²) in [5, 5.41) is 3.69. The summed E-state index contributed by atoms with van der Waals surface area (Å²) < 4.78 is 0. The molecule has 1 aliphatic heterocycles. The lowest BCUT2D eigenvalue weighted by Crippen LogP contribution is -2.57. The minimum atomic E-state index is 0.731. The maximum Gasteiger partial charge on any atom is 0.0218 e. The van der Waals surface area contributed by atoms with Crippen molar-refractivity contribution in [3.63, 3.8) is 0 Å². The van der Waals surface area contributed by atoms with Crippen LogP contribution in [0.1, 0.15) is 52.9 Å². The van der Waals surface area contributed by atoms with Crippen molar-refractivity contribution >= 4 is 0 Å². The van der Waals surface area contributed by atoms with Crippen LogP contribution in [0, 0.1) is 11.8 Å². The molecule has 2 nitrogen and oxygen atoms in total. The van der Waals surface area contributed by atoms with Crippen molar-refractivity contribution in [3.05, 3.63) is 0 Å². The number of nitrogens with one attached hydrogen (secondary N) is 1. The first-order valence-electron chi connectivity index (χ1n) is 7.72. The van der Waals surface area contributed by atoms with Crippen LogP contribution in [-0.2, 0) is 0 Å². The van der Waals surface area contributed by atoms with Crippen molar-refractivity contribution in [1.82, 2.24) is 10.2 Å². The molecule has 2 aliphatic rings. The fraction of sp³-hybridized carbons (Fsp3) is 1.00. The Morgan fingerprint density at radius 1 is 1.18 bits per heavy atom. The molecule has 100 valence electrons. The monoisotopic (exact) mass is 238 g/mol. The zero-order valence-electron chi connectivity index (χ0n) is 11.9. The lowest BCUT2D eigenvalue weighted by molar-refractivity contribution is 0.0980. The Balaban J connectivity index is 1.90. The molecule has 1 N–H and O–H groups in total. The van der Waals surface area contributed by atoms with Crippen LogP contribution in [0.15, 0.2) is 0 Å². The number of piperazine rings is 1. The summed E-state index contributed by atoms with van der Waals surface area (Å²) in [6, 6.07) is 1.51. The molecule has 1 aliphatic carbocycles. The first-order chi connectivity index (χ1) is 8.24. The first kappa shape index (κ1) is 13.4. The molecule has 1 saturated heterocycles. The molecule has 0 bridgehead atoms. The van der Waals surface area contributed by atoms with Gasteiger partial charge in [0, 0.05) is 31.7 Å². The van der Waals surface area contributed by atoms with Crippen molar-refractivity contribution in [2.24, 2.45) is 11.8 Å². The van der Waals surface area contributed by atoms with Gasteiger partial charge in [0.2, 0.25) is 0 Å². The molecular weight excluding hydrogens is 208 g/mol. The molecule has 17 heavy (non-hydrogen) atoms. The van der Waals surface area contributed by atoms with Gasteiger partial charge in [-0.2, -0.15) is 0 Å². The largest absolute Gasteiger partial charge is 0.311 e. The first-order valence-corrected chi connectivity index (χ1v) is 7.72. The van der Waals surface area contributed by atoms with Gasteiger partial charge in [0.15, 0.2) is 0 Å². The molecule has 0 aromatic rings. The van der Waals surface area contributed by atoms with E-state index in [1.54, 1.807) is 0 Å². The number of hydrogen-bond donors (Lipinski definition) is 1. The highest BCUT2D eigenvalue weighted by molar-refractivity contribution is 4.87. The zero-order valence-corrected chi connectivity index (χ0v) is 11.9. The van der Waals surface area contributed by atoms with Crippen molar-refractivity contribution in [1.29, 1.82) is 0 Å². The van der Waals surface area contributed by atoms with Gasteiger partial charge < -0.3 is 5.32 Å². The van der Waals surface area contributed by atoms with E-state index in [0.717, 1.165) is 23.9 Å². The van der Waals surface area contributed by atoms with E-state index in [4.69, 9.17) is 0 Å². The van der Waals surface area contributed by atoms with E-state index in [-0.39, 0.29) is 0 Å². The lowest BCUT2D eigenvalue weighted by atomic mass is 9.95. The third-order valence-corrected chi connectivity index (χ3v) is 5.09. The maximum atomic E-state index is 3.69. The molecule has 2 rings (SSSR count). The lowest BCUT2D eigenvalue weighted by Gasteiger charge is -2.41. The standard InChI is InChI=1S/C15H30N2/c1-4-14-11-17(15(5-2)9-16-14)10-13-8-6-7-12(13)3/h12-16H,4-11H2,1-3H3. The summed E-state index contributed by atoms with van der Waals surface area (Å²) in [5.41, 5.74) is 0. The van der Waals surface area contributed by atoms with E-state index < -0.39 is 0 Å². The van der Waals surface area contributed by atoms with Crippen LogP contribution in [0.5, 0.6) is 0 Å². The molecule has 1 heterocycles. The van der Waals surface area contributed by atoms with Gasteiger partial charge in [-0.1, -0.05) is 33.6 Å². The Morgan fingerprint density at radius 2 is 2.00 bits per heavy atom. The molecular formula is C15H30N2. The van der Waals surface area contributed by atoms with E-state index in [0.29, 0.717) is 0 Å². The fourth-order valence-corrected chi connectivity index (χ4v) is 3.62. The van der Waals surface area contributed by atoms with E-state index in [1.807, 2.05) is 0 Å². The predicted molar refractivity (Wildman–Crippen MR) is 74.2 cm³/mol. The van der Waals surface area contributed by atoms with Crippen molar-refractivity contribution < 1.29 is 0 Å². The van der Waals surface area contributed by atoms with Gasteiger partial charge in [-0.05, 0) is 31.1 Å². The summed E-state index contributed by atoms with van der Waals surface area (Å²) in [7, 11) is 0. The van der Waals surface area contributed by atoms with E-state index in [9.17, 15) is 0 Å². The van der Waals surface area contributed by atoms with Crippen molar-refractivity contribution in [3.8, 4) is 0 Å². The summed E-state index contributed by atoms with van der Waals surface area (Å²) in [4.78, 5) is 2.79. The van der Waals surface area contributed by atoms with Crippen LogP contribution in [0.2, 0.25) is 0 Å². The second-order valence-electron chi connectivity index (χ2n) is 6.20. The van der Waals surface area contributed by atoms with E-state index in [1.165, 1.54) is 51.7 Å². The second-order valence-corrected chi connectivity index (χ2v) is 6.20. The molecule has 1 saturated carbocycles. The van der Waals surface area contributed by atoms with Gasteiger partial charge >= 0.3 is 0 Å². The van der Waals surface area contributed by atoms with Gasteiger partial charge in [0.1, 0.15) is 0 Å². The Labute approximate surface area is 107 Å². The fourth-order valence-electron chi connectivity index (χ4n) is 3.62. The molecule has 0 amide bonds. The Morgan fingerprint density at radius 3 is 2.59 bits per heavy atom. The van der Waals surface area contributed by atoms with Crippen LogP contribution >= 0.6 is 0 Å². The Hall–Kier alpha value is -0.0800. The molecule has 4 atom stereocenters. The van der Waals surface area contributed by atoms with Gasteiger partial charge in [0.05, 0.1) is 0 Å². The topological polar surface area (TPSA) is 15.3 Å². The molecule has 0 aromatic carbocycles. The highest BCUT2D eigenvalue weighted by Gasteiger charge is 2.31. The number of rotatable bonds is 4. The van der Waals surface area contributed by atoms with Crippen molar-refractivity contribution in [2.75, 3.05) is 19.6 Å². The van der Waals surface area contributed by atoms with Crippen LogP contribution in [0.25, 0.3) is 0 Å². The van der Waals surface area contributed by atoms with Crippen LogP contribution < -0.4 is 5.32 Å². The number of hydrogen-bond acceptors (Lipinski definition) is 2. The maximum absolute atomic E-state index is 3.69. The van der Waals surface area contributed by atoms with Crippen LogP contribution in [-0.4, -0.2) is 36.6 Å². The number of nitrogens with zero attached hydrogens (tertiary/aromatic N) is 1. The molecule has 0 spiro atoms. The zero-order chi connectivity index (χ0) is 12.3. The quantitative estimate of drug-likeness (QED) is 0.810. The third kappa shape index (κ3) is 3.23. The van der Waals surface area contributed by atoms with Gasteiger partial charge in [-0.3, -0.25) is 4.90 Å². The summed E-state index contributed by atoms with van der Waals surface area (Å²) in [6.07, 6.45) is 6.96. The minimum Gasteiger partial charge on any atom is -0.311 e. The summed E-state index contributed by atoms with van der Waals surface area (Å²) in [5.74, 6) is 1.93. The molecule has 0 aromatic heterocycles. The minimum absolute atomic E-state index is 0.731. The SMILES string of the molecule is CCC1CN(CC2CCCC2C)C(CC)CN1. The van der Waals surface area contributed by atoms with E-state index >= 15 is 0 Å². The van der Waals surface area contributed by atoms with E-state index in [2.05, 4.69) is 31.0 Å². The Kier molecular flexibility index (Phi) is 4.87. The third-order valence-electron chi connectivity index (χ3n) is 5.09. The molecule has 0 radical (unpaired) electrons. The average Bonchev–Trinajstić information content (AvgIpc) is 2.75. The predicted octanol–water partition coefficient (Wildman–Crippen LogP) is 2.89. The summed E-state index contributed by atoms with van der Waals surface area (Å²) >= 11 is 0. The van der Waals surface area contributed by atoms with Crippen molar-refractivity contribution in [2.45, 2.75) is 65.0 Å². The molecule has 4 unspecified atom stereocenters. The Bertz CT molecular complexity index is 229. The average molecular weight is 238 g/mol. The molecule has 2 fully saturated rings. The van der Waals surface area contributed by atoms with Gasteiger partial charge in [-0.15, -0.1) is 0 Å². The highest BCUT2D eigenvalue weighted by Crippen LogP contribution is 2.32. The van der Waals surface area contributed by atoms with Crippen LogP contribution in [0.3, 0.4) is 0 Å². The van der Waals surface area contributed by atoms with Gasteiger partial charge in [0.25, 0.3) is 0 Å². The summed E-state index contributed by atoms with van der Waals surface area (Å²) in [6.45, 7) is 10.9. The highest BCUT2D eigenvalue weighted by atomic mass is 15.2. The smallest absolute Gasteiger partial charge is 0.0218 e. The second kappa shape index (κ2) is 6.19. The van der Waals surface area contributed by atoms with Gasteiger partial charge in [-0.25, -0.2) is 0 Å².